The van der Waals surface area contributed by atoms with Crippen molar-refractivity contribution in [1.82, 2.24) is 20.4 Å². The molecule has 1 saturated heterocycles. The quantitative estimate of drug-likeness (QED) is 0.722. The normalized spacial score (nSPS) is 20.8. The number of hydrogen-bond acceptors (Lipinski definition) is 6. The predicted molar refractivity (Wildman–Crippen MR) is 119 cm³/mol. The van der Waals surface area contributed by atoms with Gasteiger partial charge in [-0.15, -0.1) is 10.2 Å². The van der Waals surface area contributed by atoms with E-state index < -0.39 is 0 Å². The first-order chi connectivity index (χ1) is 14.7. The Labute approximate surface area is 182 Å². The Hall–Kier alpha value is -2.03. The predicted octanol–water partition coefficient (Wildman–Crippen LogP) is 4.13. The zero-order valence-corrected chi connectivity index (χ0v) is 18.4. The monoisotopic (exact) mass is 429 g/mol. The topological polar surface area (TPSA) is 79.4 Å². The highest BCUT2D eigenvalue weighted by Gasteiger charge is 2.20. The molecule has 1 aliphatic carbocycles. The number of nitrogens with zero attached hydrogens (tertiary/aromatic N) is 3. The lowest BCUT2D eigenvalue weighted by atomic mass is 9.90. The van der Waals surface area contributed by atoms with E-state index in [1.165, 1.54) is 49.0 Å². The van der Waals surface area contributed by atoms with Gasteiger partial charge in [-0.2, -0.15) is 0 Å². The first-order valence-corrected chi connectivity index (χ1v) is 11.8. The Bertz CT molecular complexity index is 836. The summed E-state index contributed by atoms with van der Waals surface area (Å²) in [5, 5.41) is 15.8. The molecule has 1 saturated carbocycles. The Kier molecular flexibility index (Phi) is 7.30. The van der Waals surface area contributed by atoms with E-state index in [1.807, 2.05) is 6.07 Å². The van der Waals surface area contributed by atoms with E-state index in [9.17, 15) is 4.79 Å². The van der Waals surface area contributed by atoms with Crippen LogP contribution in [0, 0.1) is 0 Å². The summed E-state index contributed by atoms with van der Waals surface area (Å²) in [7, 11) is 0. The number of aromatic nitrogens is 2. The molecule has 1 unspecified atom stereocenters. The highest BCUT2D eigenvalue weighted by atomic mass is 32.1. The third-order valence-electron chi connectivity index (χ3n) is 5.79. The molecule has 2 heterocycles. The molecule has 8 heteroatoms. The average Bonchev–Trinajstić information content (AvgIpc) is 3.22. The van der Waals surface area contributed by atoms with Crippen LogP contribution in [0.15, 0.2) is 24.3 Å². The summed E-state index contributed by atoms with van der Waals surface area (Å²) in [6.45, 7) is 6.20. The number of morpholine rings is 1. The molecule has 1 atom stereocenters. The van der Waals surface area contributed by atoms with Gasteiger partial charge >= 0.3 is 6.03 Å². The van der Waals surface area contributed by atoms with Crippen LogP contribution >= 0.6 is 11.3 Å². The molecule has 0 radical (unpaired) electrons. The maximum absolute atomic E-state index is 12.3. The van der Waals surface area contributed by atoms with Gasteiger partial charge in [0.25, 0.3) is 0 Å². The molecule has 1 aliphatic heterocycles. The Morgan fingerprint density at radius 1 is 1.23 bits per heavy atom. The van der Waals surface area contributed by atoms with Gasteiger partial charge in [0.1, 0.15) is 5.01 Å². The summed E-state index contributed by atoms with van der Waals surface area (Å²) >= 11 is 1.50. The summed E-state index contributed by atoms with van der Waals surface area (Å²) in [5.41, 5.74) is 2.34. The minimum atomic E-state index is -0.242. The summed E-state index contributed by atoms with van der Waals surface area (Å²) in [5.74, 6) is 0.507. The van der Waals surface area contributed by atoms with Crippen molar-refractivity contribution in [2.24, 2.45) is 0 Å². The maximum atomic E-state index is 12.3. The van der Waals surface area contributed by atoms with Gasteiger partial charge in [0.2, 0.25) is 5.13 Å². The minimum Gasteiger partial charge on any atom is -0.376 e. The van der Waals surface area contributed by atoms with E-state index in [4.69, 9.17) is 4.74 Å². The fourth-order valence-electron chi connectivity index (χ4n) is 4.25. The first-order valence-electron chi connectivity index (χ1n) is 11.0. The molecule has 2 aromatic rings. The minimum absolute atomic E-state index is 0.242. The number of carbonyl (C=O) groups excluding carboxylic acids is 1. The zero-order chi connectivity index (χ0) is 20.8. The van der Waals surface area contributed by atoms with Gasteiger partial charge in [-0.3, -0.25) is 10.2 Å². The van der Waals surface area contributed by atoms with Crippen LogP contribution in [0.3, 0.4) is 0 Å². The molecule has 4 rings (SSSR count). The van der Waals surface area contributed by atoms with Crippen LogP contribution < -0.4 is 10.6 Å². The lowest BCUT2D eigenvalue weighted by Crippen LogP contribution is -2.40. The van der Waals surface area contributed by atoms with Crippen molar-refractivity contribution in [3.05, 3.63) is 40.4 Å². The van der Waals surface area contributed by atoms with E-state index in [0.29, 0.717) is 17.6 Å². The second-order valence-electron chi connectivity index (χ2n) is 8.32. The third-order valence-corrected chi connectivity index (χ3v) is 6.79. The molecule has 2 aliphatic rings. The summed E-state index contributed by atoms with van der Waals surface area (Å²) in [6, 6.07) is 8.14. The highest BCUT2D eigenvalue weighted by Crippen LogP contribution is 2.35. The van der Waals surface area contributed by atoms with Gasteiger partial charge < -0.3 is 10.1 Å². The van der Waals surface area contributed by atoms with Gasteiger partial charge in [0.05, 0.1) is 12.7 Å². The number of rotatable bonds is 6. The number of anilines is 1. The summed E-state index contributed by atoms with van der Waals surface area (Å²) in [6.07, 6.45) is 6.48. The lowest BCUT2D eigenvalue weighted by molar-refractivity contribution is -0.0212. The lowest BCUT2D eigenvalue weighted by Gasteiger charge is -2.31. The third kappa shape index (κ3) is 6.00. The molecule has 0 spiro atoms. The summed E-state index contributed by atoms with van der Waals surface area (Å²) in [4.78, 5) is 14.7. The number of hydrogen-bond donors (Lipinski definition) is 2. The van der Waals surface area contributed by atoms with Crippen molar-refractivity contribution in [3.8, 4) is 0 Å². The number of urea groups is 1. The zero-order valence-electron chi connectivity index (χ0n) is 17.6. The second kappa shape index (κ2) is 10.3. The molecule has 0 bridgehead atoms. The molecule has 1 aromatic carbocycles. The van der Waals surface area contributed by atoms with Crippen molar-refractivity contribution in [3.63, 3.8) is 0 Å². The van der Waals surface area contributed by atoms with Crippen molar-refractivity contribution in [1.29, 1.82) is 0 Å². The standard InChI is InChI=1S/C22H31N5O2S/c1-16-14-27(10-11-29-16)15-18-7-5-6-17(12-18)13-23-21(28)24-22-26-25-20(30-22)19-8-3-2-4-9-19/h5-7,12,16,19H,2-4,8-11,13-15H2,1H3,(H2,23,24,26,28). The molecule has 2 amide bonds. The number of benzene rings is 1. The van der Waals surface area contributed by atoms with Crippen LogP contribution in [0.2, 0.25) is 0 Å². The molecular formula is C22H31N5O2S. The van der Waals surface area contributed by atoms with Crippen molar-refractivity contribution in [2.75, 3.05) is 25.0 Å². The molecule has 2 fully saturated rings. The number of ether oxygens (including phenoxy) is 1. The number of amides is 2. The van der Waals surface area contributed by atoms with E-state index in [1.54, 1.807) is 0 Å². The Morgan fingerprint density at radius 2 is 2.07 bits per heavy atom. The number of carbonyl (C=O) groups is 1. The fraction of sp³-hybridized carbons (Fsp3) is 0.591. The Balaban J connectivity index is 1.25. The van der Waals surface area contributed by atoms with Gasteiger partial charge in [-0.05, 0) is 30.9 Å². The van der Waals surface area contributed by atoms with Crippen molar-refractivity contribution >= 4 is 22.5 Å². The molecular weight excluding hydrogens is 398 g/mol. The molecule has 1 aromatic heterocycles. The van der Waals surface area contributed by atoms with Crippen molar-refractivity contribution < 1.29 is 9.53 Å². The molecule has 162 valence electrons. The van der Waals surface area contributed by atoms with Gasteiger partial charge in [0.15, 0.2) is 0 Å². The van der Waals surface area contributed by atoms with Crippen LogP contribution in [0.25, 0.3) is 0 Å². The summed E-state index contributed by atoms with van der Waals surface area (Å²) < 4.78 is 5.61. The largest absolute Gasteiger partial charge is 0.376 e. The van der Waals surface area contributed by atoms with E-state index in [0.717, 1.165) is 36.8 Å². The van der Waals surface area contributed by atoms with Crippen LogP contribution in [0.4, 0.5) is 9.93 Å². The number of nitrogens with one attached hydrogen (secondary N) is 2. The molecule has 2 N–H and O–H groups in total. The molecule has 7 nitrogen and oxygen atoms in total. The van der Waals surface area contributed by atoms with Crippen LogP contribution in [-0.2, 0) is 17.8 Å². The first kappa shape index (κ1) is 21.2. The second-order valence-corrected chi connectivity index (χ2v) is 9.33. The van der Waals surface area contributed by atoms with Crippen LogP contribution in [0.1, 0.15) is 61.1 Å². The van der Waals surface area contributed by atoms with Gasteiger partial charge in [-0.1, -0.05) is 54.9 Å². The van der Waals surface area contributed by atoms with Crippen LogP contribution in [-0.4, -0.2) is 46.9 Å². The highest BCUT2D eigenvalue weighted by molar-refractivity contribution is 7.15. The Morgan fingerprint density at radius 3 is 2.90 bits per heavy atom. The van der Waals surface area contributed by atoms with E-state index in [-0.39, 0.29) is 12.1 Å². The van der Waals surface area contributed by atoms with E-state index in [2.05, 4.69) is 50.9 Å². The van der Waals surface area contributed by atoms with Gasteiger partial charge in [-0.25, -0.2) is 4.79 Å². The van der Waals surface area contributed by atoms with Gasteiger partial charge in [0, 0.05) is 32.1 Å². The fourth-order valence-corrected chi connectivity index (χ4v) is 5.16. The van der Waals surface area contributed by atoms with Crippen molar-refractivity contribution in [2.45, 2.75) is 64.1 Å². The average molecular weight is 430 g/mol. The SMILES string of the molecule is CC1CN(Cc2cccc(CNC(=O)Nc3nnc(C4CCCCC4)s3)c2)CCO1. The van der Waals surface area contributed by atoms with E-state index >= 15 is 0 Å². The molecule has 30 heavy (non-hydrogen) atoms. The van der Waals surface area contributed by atoms with Crippen LogP contribution in [0.5, 0.6) is 0 Å². The maximum Gasteiger partial charge on any atom is 0.321 e. The smallest absolute Gasteiger partial charge is 0.321 e.